The van der Waals surface area contributed by atoms with E-state index >= 15 is 0 Å². The molecule has 27 heavy (non-hydrogen) atoms. The van der Waals surface area contributed by atoms with Crippen molar-refractivity contribution < 1.29 is 13.2 Å². The fraction of sp³-hybridized carbons (Fsp3) is 0.350. The molecule has 0 spiro atoms. The highest BCUT2D eigenvalue weighted by atomic mass is 32.2. The Kier molecular flexibility index (Phi) is 7.47. The van der Waals surface area contributed by atoms with Gasteiger partial charge in [0.2, 0.25) is 15.9 Å². The quantitative estimate of drug-likeness (QED) is 0.667. The van der Waals surface area contributed by atoms with Crippen LogP contribution in [0.25, 0.3) is 0 Å². The van der Waals surface area contributed by atoms with Gasteiger partial charge in [-0.1, -0.05) is 51.1 Å². The molecule has 2 rings (SSSR count). The van der Waals surface area contributed by atoms with Gasteiger partial charge in [0.25, 0.3) is 0 Å². The molecule has 0 aliphatic heterocycles. The first-order valence-corrected chi connectivity index (χ1v) is 11.5. The zero-order chi connectivity index (χ0) is 20.0. The highest BCUT2D eigenvalue weighted by molar-refractivity contribution is 7.98. The van der Waals surface area contributed by atoms with Crippen molar-refractivity contribution in [1.29, 1.82) is 0 Å². The second kappa shape index (κ2) is 9.39. The van der Waals surface area contributed by atoms with Crippen LogP contribution in [-0.4, -0.2) is 31.4 Å². The zero-order valence-corrected chi connectivity index (χ0v) is 17.7. The first-order chi connectivity index (χ1) is 12.8. The lowest BCUT2D eigenvalue weighted by molar-refractivity contribution is -0.118. The van der Waals surface area contributed by atoms with Gasteiger partial charge in [0.1, 0.15) is 0 Å². The van der Waals surface area contributed by atoms with Crippen LogP contribution in [0.2, 0.25) is 0 Å². The predicted octanol–water partition coefficient (Wildman–Crippen LogP) is 4.21. The molecule has 0 aromatic heterocycles. The van der Waals surface area contributed by atoms with Crippen molar-refractivity contribution in [1.82, 2.24) is 4.31 Å². The van der Waals surface area contributed by atoms with E-state index in [1.165, 1.54) is 16.1 Å². The minimum atomic E-state index is -3.68. The van der Waals surface area contributed by atoms with Crippen LogP contribution < -0.4 is 5.32 Å². The smallest absolute Gasteiger partial charge is 0.243 e. The van der Waals surface area contributed by atoms with Gasteiger partial charge in [-0.25, -0.2) is 8.42 Å². The highest BCUT2D eigenvalue weighted by Crippen LogP contribution is 2.30. The lowest BCUT2D eigenvalue weighted by Crippen LogP contribution is -2.30. The van der Waals surface area contributed by atoms with Gasteiger partial charge in [-0.2, -0.15) is 4.31 Å². The minimum absolute atomic E-state index is 0.142. The molecule has 7 heteroatoms. The van der Waals surface area contributed by atoms with Crippen molar-refractivity contribution >= 4 is 33.4 Å². The number of nitrogens with zero attached hydrogens (tertiary/aromatic N) is 1. The highest BCUT2D eigenvalue weighted by Gasteiger charge is 2.24. The number of rotatable bonds is 8. The van der Waals surface area contributed by atoms with E-state index in [0.717, 1.165) is 10.5 Å². The molecule has 0 heterocycles. The number of carbonyl (C=O) groups excluding carboxylic acids is 1. The van der Waals surface area contributed by atoms with Crippen LogP contribution in [0.1, 0.15) is 26.3 Å². The van der Waals surface area contributed by atoms with E-state index in [2.05, 4.69) is 5.32 Å². The van der Waals surface area contributed by atoms with Gasteiger partial charge in [0.15, 0.2) is 0 Å². The van der Waals surface area contributed by atoms with Crippen LogP contribution in [-0.2, 0) is 21.4 Å². The van der Waals surface area contributed by atoms with E-state index in [-0.39, 0.29) is 16.7 Å². The van der Waals surface area contributed by atoms with Crippen molar-refractivity contribution in [2.45, 2.75) is 37.1 Å². The van der Waals surface area contributed by atoms with Crippen molar-refractivity contribution in [2.75, 3.05) is 18.1 Å². The number of sulfonamides is 1. The van der Waals surface area contributed by atoms with E-state index in [1.807, 2.05) is 43.5 Å². The Morgan fingerprint density at radius 3 is 2.37 bits per heavy atom. The van der Waals surface area contributed by atoms with E-state index < -0.39 is 10.0 Å². The normalized spacial score (nSPS) is 11.8. The Morgan fingerprint density at radius 2 is 1.81 bits per heavy atom. The van der Waals surface area contributed by atoms with Gasteiger partial charge in [0, 0.05) is 23.9 Å². The van der Waals surface area contributed by atoms with Crippen LogP contribution >= 0.6 is 11.8 Å². The molecule has 0 aliphatic carbocycles. The van der Waals surface area contributed by atoms with Crippen molar-refractivity contribution in [3.05, 3.63) is 54.1 Å². The maximum Gasteiger partial charge on any atom is 0.243 e. The van der Waals surface area contributed by atoms with Gasteiger partial charge < -0.3 is 5.32 Å². The average Bonchev–Trinajstić information content (AvgIpc) is 2.66. The summed E-state index contributed by atoms with van der Waals surface area (Å²) in [5.41, 5.74) is 1.45. The minimum Gasteiger partial charge on any atom is -0.325 e. The van der Waals surface area contributed by atoms with Crippen molar-refractivity contribution in [3.63, 3.8) is 0 Å². The third-order valence-corrected chi connectivity index (χ3v) is 6.86. The fourth-order valence-electron chi connectivity index (χ4n) is 2.53. The fourth-order valence-corrected chi connectivity index (χ4v) is 4.52. The third kappa shape index (κ3) is 5.34. The summed E-state index contributed by atoms with van der Waals surface area (Å²) in [6.07, 6.45) is 1.89. The summed E-state index contributed by atoms with van der Waals surface area (Å²) >= 11 is 1.46. The summed E-state index contributed by atoms with van der Waals surface area (Å²) in [6, 6.07) is 14.4. The molecular formula is C20H26N2O3S2. The van der Waals surface area contributed by atoms with E-state index in [9.17, 15) is 13.2 Å². The number of hydrogen-bond donors (Lipinski definition) is 1. The molecule has 0 saturated heterocycles. The topological polar surface area (TPSA) is 66.5 Å². The number of benzene rings is 2. The van der Waals surface area contributed by atoms with Gasteiger partial charge in [-0.3, -0.25) is 4.79 Å². The number of nitrogens with one attached hydrogen (secondary N) is 1. The molecule has 2 aromatic carbocycles. The SMILES string of the molecule is CCN(Cc1ccccc1)S(=O)(=O)c1ccc(SC)c(NC(=O)C(C)C)c1. The molecule has 5 nitrogen and oxygen atoms in total. The van der Waals surface area contributed by atoms with E-state index in [1.54, 1.807) is 32.0 Å². The molecule has 1 amide bonds. The summed E-state index contributed by atoms with van der Waals surface area (Å²) in [4.78, 5) is 13.1. The molecule has 0 radical (unpaired) electrons. The second-order valence-corrected chi connectivity index (χ2v) is 9.21. The molecule has 0 unspecified atom stereocenters. The second-order valence-electron chi connectivity index (χ2n) is 6.42. The molecule has 2 aromatic rings. The van der Waals surface area contributed by atoms with Gasteiger partial charge in [-0.15, -0.1) is 11.8 Å². The van der Waals surface area contributed by atoms with Crippen LogP contribution in [0.4, 0.5) is 5.69 Å². The van der Waals surface area contributed by atoms with Crippen molar-refractivity contribution in [3.8, 4) is 0 Å². The number of anilines is 1. The Morgan fingerprint density at radius 1 is 1.15 bits per heavy atom. The summed E-state index contributed by atoms with van der Waals surface area (Å²) < 4.78 is 27.7. The van der Waals surface area contributed by atoms with Gasteiger partial charge in [0.05, 0.1) is 10.6 Å². The van der Waals surface area contributed by atoms with Crippen molar-refractivity contribution in [2.24, 2.45) is 5.92 Å². The monoisotopic (exact) mass is 406 g/mol. The average molecular weight is 407 g/mol. The molecule has 1 N–H and O–H groups in total. The van der Waals surface area contributed by atoms with Crippen LogP contribution in [0, 0.1) is 5.92 Å². The zero-order valence-electron chi connectivity index (χ0n) is 16.1. The maximum absolute atomic E-state index is 13.1. The molecule has 0 fully saturated rings. The summed E-state index contributed by atoms with van der Waals surface area (Å²) in [5, 5.41) is 2.84. The first-order valence-electron chi connectivity index (χ1n) is 8.82. The lowest BCUT2D eigenvalue weighted by Gasteiger charge is -2.21. The van der Waals surface area contributed by atoms with Gasteiger partial charge in [-0.05, 0) is 30.0 Å². The molecule has 0 aliphatic rings. The standard InChI is InChI=1S/C20H26N2O3S2/c1-5-22(14-16-9-7-6-8-10-16)27(24,25)17-11-12-19(26-4)18(13-17)21-20(23)15(2)3/h6-13,15H,5,14H2,1-4H3,(H,21,23). The Labute approximate surface area is 166 Å². The van der Waals surface area contributed by atoms with Gasteiger partial charge >= 0.3 is 0 Å². The van der Waals surface area contributed by atoms with Crippen LogP contribution in [0.15, 0.2) is 58.3 Å². The molecule has 146 valence electrons. The first kappa shape index (κ1) is 21.5. The van der Waals surface area contributed by atoms with Crippen LogP contribution in [0.3, 0.4) is 0 Å². The summed E-state index contributed by atoms with van der Waals surface area (Å²) in [7, 11) is -3.68. The third-order valence-electron chi connectivity index (χ3n) is 4.15. The number of thioether (sulfide) groups is 1. The Bertz CT molecular complexity index is 881. The molecule has 0 bridgehead atoms. The lowest BCUT2D eigenvalue weighted by atomic mass is 10.2. The number of carbonyl (C=O) groups is 1. The Hall–Kier alpha value is -1.83. The van der Waals surface area contributed by atoms with Crippen LogP contribution in [0.5, 0.6) is 0 Å². The molecule has 0 atom stereocenters. The largest absolute Gasteiger partial charge is 0.325 e. The number of amides is 1. The Balaban J connectivity index is 2.37. The van der Waals surface area contributed by atoms with E-state index in [0.29, 0.717) is 18.8 Å². The predicted molar refractivity (Wildman–Crippen MR) is 111 cm³/mol. The van der Waals surface area contributed by atoms with E-state index in [4.69, 9.17) is 0 Å². The summed E-state index contributed by atoms with van der Waals surface area (Å²) in [6.45, 7) is 6.08. The molecular weight excluding hydrogens is 380 g/mol. The maximum atomic E-state index is 13.1. The molecule has 0 saturated carbocycles. The summed E-state index contributed by atoms with van der Waals surface area (Å²) in [5.74, 6) is -0.332. The number of hydrogen-bond acceptors (Lipinski definition) is 4.